The summed E-state index contributed by atoms with van der Waals surface area (Å²) in [5.41, 5.74) is 2.74. The predicted molar refractivity (Wildman–Crippen MR) is 68.3 cm³/mol. The number of anilines is 1. The molecule has 9 heteroatoms. The first-order chi connectivity index (χ1) is 9.49. The number of nitrogens with one attached hydrogen (secondary N) is 2. The minimum atomic E-state index is -1.82. The zero-order valence-corrected chi connectivity index (χ0v) is 10.6. The average Bonchev–Trinajstić information content (AvgIpc) is 3.14. The van der Waals surface area contributed by atoms with E-state index in [1.807, 2.05) is 6.92 Å². The largest absolute Gasteiger partial charge is 0.473 e. The molecule has 2 heterocycles. The maximum atomic E-state index is 9.10. The highest BCUT2D eigenvalue weighted by molar-refractivity contribution is 6.27. The van der Waals surface area contributed by atoms with Crippen molar-refractivity contribution < 1.29 is 19.8 Å². The fourth-order valence-corrected chi connectivity index (χ4v) is 1.48. The van der Waals surface area contributed by atoms with Gasteiger partial charge in [0, 0.05) is 6.04 Å². The van der Waals surface area contributed by atoms with Gasteiger partial charge >= 0.3 is 11.9 Å². The highest BCUT2D eigenvalue weighted by Gasteiger charge is 2.23. The van der Waals surface area contributed by atoms with Gasteiger partial charge in [-0.15, -0.1) is 0 Å². The number of carboxylic acids is 2. The van der Waals surface area contributed by atoms with Crippen LogP contribution in [-0.2, 0) is 9.59 Å². The second-order valence-electron chi connectivity index (χ2n) is 4.30. The molecule has 2 aromatic heterocycles. The Morgan fingerprint density at radius 3 is 2.45 bits per heavy atom. The minimum absolute atomic E-state index is 0.588. The zero-order chi connectivity index (χ0) is 14.7. The SMILES string of the molecule is Cc1[nH]nc2c(NC3CC3)ncnc12.O=C(O)C(=O)O. The number of aliphatic carboxylic acids is 2. The molecule has 2 aromatic rings. The van der Waals surface area contributed by atoms with Crippen LogP contribution in [0.5, 0.6) is 0 Å². The molecule has 0 radical (unpaired) electrons. The number of hydrogen-bond donors (Lipinski definition) is 4. The van der Waals surface area contributed by atoms with Crippen molar-refractivity contribution in [2.75, 3.05) is 5.32 Å². The Kier molecular flexibility index (Phi) is 3.78. The summed E-state index contributed by atoms with van der Waals surface area (Å²) in [5, 5.41) is 25.2. The minimum Gasteiger partial charge on any atom is -0.473 e. The molecule has 0 bridgehead atoms. The molecule has 0 amide bonds. The molecule has 0 saturated heterocycles. The third-order valence-electron chi connectivity index (χ3n) is 2.61. The van der Waals surface area contributed by atoms with E-state index in [1.165, 1.54) is 12.8 Å². The number of carboxylic acid groups (broad SMARTS) is 2. The van der Waals surface area contributed by atoms with Crippen LogP contribution in [0, 0.1) is 6.92 Å². The number of fused-ring (bicyclic) bond motifs is 1. The van der Waals surface area contributed by atoms with Crippen molar-refractivity contribution in [2.45, 2.75) is 25.8 Å². The van der Waals surface area contributed by atoms with Gasteiger partial charge in [-0.1, -0.05) is 0 Å². The van der Waals surface area contributed by atoms with E-state index in [2.05, 4.69) is 25.5 Å². The van der Waals surface area contributed by atoms with Crippen LogP contribution in [0.15, 0.2) is 6.33 Å². The molecule has 9 nitrogen and oxygen atoms in total. The molecule has 1 saturated carbocycles. The van der Waals surface area contributed by atoms with E-state index in [1.54, 1.807) is 6.33 Å². The van der Waals surface area contributed by atoms with Crippen molar-refractivity contribution in [3.05, 3.63) is 12.0 Å². The van der Waals surface area contributed by atoms with Gasteiger partial charge in [0.25, 0.3) is 0 Å². The van der Waals surface area contributed by atoms with E-state index >= 15 is 0 Å². The summed E-state index contributed by atoms with van der Waals surface area (Å²) < 4.78 is 0. The Bertz CT molecular complexity index is 637. The molecule has 1 aliphatic rings. The average molecular weight is 279 g/mol. The van der Waals surface area contributed by atoms with Crippen LogP contribution in [-0.4, -0.2) is 48.4 Å². The summed E-state index contributed by atoms with van der Waals surface area (Å²) >= 11 is 0. The number of aromatic nitrogens is 4. The standard InChI is InChI=1S/C9H11N5.C2H2O4/c1-5-7-8(14-13-5)9(11-4-10-7)12-6-2-3-6;3-1(4)2(5)6/h4,6H,2-3H2,1H3,(H,13,14)(H,10,11,12);(H,3,4)(H,5,6). The summed E-state index contributed by atoms with van der Waals surface area (Å²) in [4.78, 5) is 26.6. The Morgan fingerprint density at radius 1 is 1.25 bits per heavy atom. The molecular weight excluding hydrogens is 266 g/mol. The maximum Gasteiger partial charge on any atom is 0.414 e. The summed E-state index contributed by atoms with van der Waals surface area (Å²) in [6.07, 6.45) is 4.04. The lowest BCUT2D eigenvalue weighted by Gasteiger charge is -2.02. The Hall–Kier alpha value is -2.71. The first kappa shape index (κ1) is 13.7. The van der Waals surface area contributed by atoms with Gasteiger partial charge in [0.15, 0.2) is 11.3 Å². The predicted octanol–water partition coefficient (Wildman–Crippen LogP) is 0.391. The van der Waals surface area contributed by atoms with Gasteiger partial charge in [-0.05, 0) is 19.8 Å². The molecule has 0 unspecified atom stereocenters. The van der Waals surface area contributed by atoms with Crippen molar-refractivity contribution in [2.24, 2.45) is 0 Å². The lowest BCUT2D eigenvalue weighted by Crippen LogP contribution is -2.09. The van der Waals surface area contributed by atoms with Gasteiger partial charge < -0.3 is 15.5 Å². The van der Waals surface area contributed by atoms with E-state index in [9.17, 15) is 0 Å². The van der Waals surface area contributed by atoms with Gasteiger partial charge in [-0.2, -0.15) is 5.10 Å². The third-order valence-corrected chi connectivity index (χ3v) is 2.61. The summed E-state index contributed by atoms with van der Waals surface area (Å²) in [6.45, 7) is 1.96. The molecule has 0 spiro atoms. The molecule has 0 atom stereocenters. The summed E-state index contributed by atoms with van der Waals surface area (Å²) in [5.74, 6) is -2.80. The Morgan fingerprint density at radius 2 is 1.90 bits per heavy atom. The highest BCUT2D eigenvalue weighted by atomic mass is 16.4. The molecule has 20 heavy (non-hydrogen) atoms. The van der Waals surface area contributed by atoms with E-state index in [0.717, 1.165) is 22.5 Å². The van der Waals surface area contributed by atoms with E-state index in [0.29, 0.717) is 6.04 Å². The van der Waals surface area contributed by atoms with E-state index < -0.39 is 11.9 Å². The number of H-pyrrole nitrogens is 1. The van der Waals surface area contributed by atoms with Crippen LogP contribution in [0.1, 0.15) is 18.5 Å². The number of hydrogen-bond acceptors (Lipinski definition) is 6. The van der Waals surface area contributed by atoms with Gasteiger partial charge in [0.1, 0.15) is 11.8 Å². The van der Waals surface area contributed by atoms with Gasteiger partial charge in [0.05, 0.1) is 5.69 Å². The fraction of sp³-hybridized carbons (Fsp3) is 0.364. The molecule has 1 fully saturated rings. The van der Waals surface area contributed by atoms with Crippen LogP contribution < -0.4 is 5.32 Å². The topological polar surface area (TPSA) is 141 Å². The monoisotopic (exact) mass is 279 g/mol. The molecule has 0 aliphatic heterocycles. The fourth-order valence-electron chi connectivity index (χ4n) is 1.48. The third kappa shape index (κ3) is 3.19. The van der Waals surface area contributed by atoms with Crippen molar-refractivity contribution in [1.82, 2.24) is 20.2 Å². The first-order valence-corrected chi connectivity index (χ1v) is 5.87. The molecule has 4 N–H and O–H groups in total. The number of nitrogens with zero attached hydrogens (tertiary/aromatic N) is 3. The summed E-state index contributed by atoms with van der Waals surface area (Å²) in [7, 11) is 0. The van der Waals surface area contributed by atoms with Crippen LogP contribution in [0.3, 0.4) is 0 Å². The van der Waals surface area contributed by atoms with Crippen molar-refractivity contribution in [3.63, 3.8) is 0 Å². The number of rotatable bonds is 2. The number of aryl methyl sites for hydroxylation is 1. The van der Waals surface area contributed by atoms with Crippen LogP contribution >= 0.6 is 0 Å². The first-order valence-electron chi connectivity index (χ1n) is 5.87. The van der Waals surface area contributed by atoms with Crippen LogP contribution in [0.4, 0.5) is 5.82 Å². The van der Waals surface area contributed by atoms with Crippen molar-refractivity contribution in [1.29, 1.82) is 0 Å². The molecule has 0 aromatic carbocycles. The van der Waals surface area contributed by atoms with Crippen molar-refractivity contribution in [3.8, 4) is 0 Å². The molecule has 3 rings (SSSR count). The van der Waals surface area contributed by atoms with Gasteiger partial charge in [-0.25, -0.2) is 19.6 Å². The highest BCUT2D eigenvalue weighted by Crippen LogP contribution is 2.26. The smallest absolute Gasteiger partial charge is 0.414 e. The second-order valence-corrected chi connectivity index (χ2v) is 4.30. The summed E-state index contributed by atoms with van der Waals surface area (Å²) in [6, 6.07) is 0.588. The van der Waals surface area contributed by atoms with Gasteiger partial charge in [-0.3, -0.25) is 5.10 Å². The van der Waals surface area contributed by atoms with Crippen molar-refractivity contribution >= 4 is 28.8 Å². The van der Waals surface area contributed by atoms with Gasteiger partial charge in [0.2, 0.25) is 0 Å². The van der Waals surface area contributed by atoms with Crippen LogP contribution in [0.25, 0.3) is 11.0 Å². The zero-order valence-electron chi connectivity index (χ0n) is 10.6. The maximum absolute atomic E-state index is 9.10. The lowest BCUT2D eigenvalue weighted by atomic mass is 10.3. The Labute approximate surface area is 113 Å². The van der Waals surface area contributed by atoms with E-state index in [-0.39, 0.29) is 0 Å². The lowest BCUT2D eigenvalue weighted by molar-refractivity contribution is -0.159. The molecular formula is C11H13N5O4. The number of aromatic amines is 1. The number of carbonyl (C=O) groups is 2. The molecule has 1 aliphatic carbocycles. The van der Waals surface area contributed by atoms with E-state index in [4.69, 9.17) is 19.8 Å². The van der Waals surface area contributed by atoms with Crippen LogP contribution in [0.2, 0.25) is 0 Å². The Balaban J connectivity index is 0.000000212. The quantitative estimate of drug-likeness (QED) is 0.578. The second kappa shape index (κ2) is 5.51. The molecule has 106 valence electrons. The normalized spacial score (nSPS) is 13.4.